The van der Waals surface area contributed by atoms with Crippen LogP contribution in [0.5, 0.6) is 0 Å². The van der Waals surface area contributed by atoms with E-state index in [1.807, 2.05) is 6.92 Å². The first-order valence-electron chi connectivity index (χ1n) is 9.73. The molecule has 0 aromatic carbocycles. The third-order valence-electron chi connectivity index (χ3n) is 5.24. The number of nitrogens with zero attached hydrogens (tertiary/aromatic N) is 1. The number of thiol groups is 1. The zero-order valence-corrected chi connectivity index (χ0v) is 17.9. The molecule has 0 saturated carbocycles. The van der Waals surface area contributed by atoms with Crippen molar-refractivity contribution in [1.29, 1.82) is 0 Å². The van der Waals surface area contributed by atoms with Gasteiger partial charge in [-0.25, -0.2) is 4.79 Å². The van der Waals surface area contributed by atoms with E-state index in [-0.39, 0.29) is 18.2 Å². The van der Waals surface area contributed by atoms with Crippen molar-refractivity contribution in [3.05, 3.63) is 0 Å². The molecule has 1 aliphatic heterocycles. The van der Waals surface area contributed by atoms with Crippen LogP contribution in [0, 0.1) is 5.92 Å². The second-order valence-electron chi connectivity index (χ2n) is 7.41. The third-order valence-corrected chi connectivity index (χ3v) is 5.61. The normalized spacial score (nSPS) is 21.6. The van der Waals surface area contributed by atoms with Gasteiger partial charge in [0.1, 0.15) is 18.1 Å². The summed E-state index contributed by atoms with van der Waals surface area (Å²) in [7, 11) is 0. The molecule has 6 atom stereocenters. The van der Waals surface area contributed by atoms with E-state index >= 15 is 0 Å². The summed E-state index contributed by atoms with van der Waals surface area (Å²) < 4.78 is 0. The predicted molar refractivity (Wildman–Crippen MR) is 109 cm³/mol. The van der Waals surface area contributed by atoms with E-state index in [1.54, 1.807) is 6.92 Å². The maximum absolute atomic E-state index is 12.7. The van der Waals surface area contributed by atoms with Gasteiger partial charge in [0, 0.05) is 12.3 Å². The lowest BCUT2D eigenvalue weighted by molar-refractivity contribution is -0.149. The Morgan fingerprint density at radius 2 is 1.83 bits per heavy atom. The number of hydrogen-bond acceptors (Lipinski definition) is 7. The average Bonchev–Trinajstić information content (AvgIpc) is 3.17. The fourth-order valence-electron chi connectivity index (χ4n) is 3.10. The van der Waals surface area contributed by atoms with Crippen LogP contribution in [0.15, 0.2) is 0 Å². The Kier molecular flexibility index (Phi) is 9.87. The Labute approximate surface area is 176 Å². The molecule has 166 valence electrons. The summed E-state index contributed by atoms with van der Waals surface area (Å²) in [5.74, 6) is -3.22. The van der Waals surface area contributed by atoms with Gasteiger partial charge in [0.15, 0.2) is 0 Å². The van der Waals surface area contributed by atoms with Crippen LogP contribution < -0.4 is 16.4 Å². The van der Waals surface area contributed by atoms with E-state index in [0.717, 1.165) is 0 Å². The number of nitrogens with one attached hydrogen (secondary N) is 2. The summed E-state index contributed by atoms with van der Waals surface area (Å²) in [6, 6.07) is -4.20. The highest BCUT2D eigenvalue weighted by Crippen LogP contribution is 2.19. The number of likely N-dealkylation sites (tertiary alicyclic amines) is 1. The molecule has 1 aliphatic rings. The Hall–Kier alpha value is -1.85. The van der Waals surface area contributed by atoms with E-state index in [0.29, 0.717) is 19.3 Å². The number of carbonyl (C=O) groups is 4. The lowest BCUT2D eigenvalue weighted by atomic mass is 9.98. The molecule has 6 N–H and O–H groups in total. The number of aliphatic hydroxyl groups is 1. The second kappa shape index (κ2) is 11.4. The van der Waals surface area contributed by atoms with Crippen molar-refractivity contribution in [2.45, 2.75) is 70.3 Å². The number of carbonyl (C=O) groups excluding carboxylic acids is 3. The third kappa shape index (κ3) is 6.58. The zero-order chi connectivity index (χ0) is 22.3. The molecule has 0 bridgehead atoms. The summed E-state index contributed by atoms with van der Waals surface area (Å²) in [6.07, 6.45) is 0.318. The van der Waals surface area contributed by atoms with Crippen LogP contribution in [0.3, 0.4) is 0 Å². The Morgan fingerprint density at radius 3 is 2.31 bits per heavy atom. The number of amides is 3. The molecular formula is C18H32N4O6S. The van der Waals surface area contributed by atoms with Crippen LogP contribution >= 0.6 is 12.6 Å². The van der Waals surface area contributed by atoms with E-state index in [1.165, 1.54) is 11.8 Å². The highest BCUT2D eigenvalue weighted by Gasteiger charge is 2.38. The molecule has 1 fully saturated rings. The molecule has 0 aliphatic carbocycles. The Bertz CT molecular complexity index is 617. The summed E-state index contributed by atoms with van der Waals surface area (Å²) in [5, 5.41) is 24.1. The molecule has 11 heteroatoms. The minimum absolute atomic E-state index is 0.0692. The van der Waals surface area contributed by atoms with Gasteiger partial charge in [0.05, 0.1) is 12.1 Å². The summed E-state index contributed by atoms with van der Waals surface area (Å²) >= 11 is 4.09. The maximum atomic E-state index is 12.7. The molecule has 0 aromatic heterocycles. The lowest BCUT2D eigenvalue weighted by Crippen LogP contribution is -2.60. The number of rotatable bonds is 10. The molecule has 6 unspecified atom stereocenters. The summed E-state index contributed by atoms with van der Waals surface area (Å²) in [6.45, 7) is 5.28. The molecule has 0 radical (unpaired) electrons. The van der Waals surface area contributed by atoms with Crippen molar-refractivity contribution < 1.29 is 29.4 Å². The van der Waals surface area contributed by atoms with E-state index in [9.17, 15) is 29.4 Å². The van der Waals surface area contributed by atoms with Crippen molar-refractivity contribution in [3.63, 3.8) is 0 Å². The molecule has 1 rings (SSSR count). The molecule has 0 spiro atoms. The minimum atomic E-state index is -1.32. The first-order valence-corrected chi connectivity index (χ1v) is 10.4. The van der Waals surface area contributed by atoms with Gasteiger partial charge in [0.2, 0.25) is 17.7 Å². The molecule has 1 heterocycles. The topological polar surface area (TPSA) is 162 Å². The van der Waals surface area contributed by atoms with Gasteiger partial charge < -0.3 is 31.5 Å². The smallest absolute Gasteiger partial charge is 0.326 e. The molecule has 1 saturated heterocycles. The Morgan fingerprint density at radius 1 is 1.21 bits per heavy atom. The van der Waals surface area contributed by atoms with Crippen molar-refractivity contribution in [3.8, 4) is 0 Å². The molecule has 0 aromatic rings. The number of hydrogen-bond donors (Lipinski definition) is 6. The molecule has 3 amide bonds. The standard InChI is InChI=1S/C18H32N4O6S/c1-4-9(2)13(19)15(24)21-14(10(3)23)16(25)20-11(8-29)17(26)22-7-5-6-12(22)18(27)28/h9-14,23,29H,4-8,19H2,1-3H3,(H,20,25)(H,21,24)(H,27,28). The quantitative estimate of drug-likeness (QED) is 0.234. The SMILES string of the molecule is CCC(C)C(N)C(=O)NC(C(=O)NC(CS)C(=O)N1CCCC1C(=O)O)C(C)O. The highest BCUT2D eigenvalue weighted by atomic mass is 32.1. The van der Waals surface area contributed by atoms with Gasteiger partial charge in [-0.1, -0.05) is 20.3 Å². The van der Waals surface area contributed by atoms with Crippen LogP contribution in [-0.2, 0) is 19.2 Å². The monoisotopic (exact) mass is 432 g/mol. The van der Waals surface area contributed by atoms with Gasteiger partial charge >= 0.3 is 5.97 Å². The largest absolute Gasteiger partial charge is 0.480 e. The van der Waals surface area contributed by atoms with Gasteiger partial charge in [-0.2, -0.15) is 12.6 Å². The van der Waals surface area contributed by atoms with E-state index in [4.69, 9.17) is 5.73 Å². The van der Waals surface area contributed by atoms with Gasteiger partial charge in [-0.15, -0.1) is 0 Å². The van der Waals surface area contributed by atoms with Crippen LogP contribution in [-0.4, -0.2) is 81.4 Å². The molecule has 29 heavy (non-hydrogen) atoms. The highest BCUT2D eigenvalue weighted by molar-refractivity contribution is 7.80. The number of carboxylic acids is 1. The summed E-state index contributed by atoms with van der Waals surface area (Å²) in [4.78, 5) is 50.2. The van der Waals surface area contributed by atoms with Crippen LogP contribution in [0.2, 0.25) is 0 Å². The average molecular weight is 433 g/mol. The lowest BCUT2D eigenvalue weighted by Gasteiger charge is -2.29. The summed E-state index contributed by atoms with van der Waals surface area (Å²) in [5.41, 5.74) is 5.87. The minimum Gasteiger partial charge on any atom is -0.480 e. The fourth-order valence-corrected chi connectivity index (χ4v) is 3.35. The van der Waals surface area contributed by atoms with Gasteiger partial charge in [-0.05, 0) is 25.7 Å². The second-order valence-corrected chi connectivity index (χ2v) is 7.77. The number of aliphatic carboxylic acids is 1. The van der Waals surface area contributed by atoms with E-state index < -0.39 is 54.0 Å². The fraction of sp³-hybridized carbons (Fsp3) is 0.778. The van der Waals surface area contributed by atoms with Crippen LogP contribution in [0.4, 0.5) is 0 Å². The zero-order valence-electron chi connectivity index (χ0n) is 17.0. The van der Waals surface area contributed by atoms with Gasteiger partial charge in [0.25, 0.3) is 0 Å². The van der Waals surface area contributed by atoms with Crippen molar-refractivity contribution >= 4 is 36.3 Å². The van der Waals surface area contributed by atoms with Crippen LogP contribution in [0.1, 0.15) is 40.0 Å². The predicted octanol–water partition coefficient (Wildman–Crippen LogP) is -1.28. The first-order chi connectivity index (χ1) is 13.5. The molecule has 10 nitrogen and oxygen atoms in total. The number of carboxylic acid groups (broad SMARTS) is 1. The van der Waals surface area contributed by atoms with E-state index in [2.05, 4.69) is 23.3 Å². The maximum Gasteiger partial charge on any atom is 0.326 e. The van der Waals surface area contributed by atoms with Crippen molar-refractivity contribution in [2.75, 3.05) is 12.3 Å². The number of aliphatic hydroxyl groups excluding tert-OH is 1. The first kappa shape index (κ1) is 25.2. The van der Waals surface area contributed by atoms with Crippen LogP contribution in [0.25, 0.3) is 0 Å². The Balaban J connectivity index is 2.85. The van der Waals surface area contributed by atoms with Gasteiger partial charge in [-0.3, -0.25) is 14.4 Å². The van der Waals surface area contributed by atoms with Crippen molar-refractivity contribution in [2.24, 2.45) is 11.7 Å². The van der Waals surface area contributed by atoms with Crippen molar-refractivity contribution in [1.82, 2.24) is 15.5 Å². The molecular weight excluding hydrogens is 400 g/mol. The number of nitrogens with two attached hydrogens (primary N) is 1.